The van der Waals surface area contributed by atoms with E-state index in [2.05, 4.69) is 6.58 Å². The third kappa shape index (κ3) is 1.93. The Kier molecular flexibility index (Phi) is 2.85. The third-order valence-electron chi connectivity index (χ3n) is 4.43. The first-order chi connectivity index (χ1) is 9.19. The molecule has 1 amide bonds. The molecule has 19 heavy (non-hydrogen) atoms. The van der Waals surface area contributed by atoms with Crippen LogP contribution in [-0.4, -0.2) is 24.5 Å². The molecule has 2 aliphatic rings. The number of fused-ring (bicyclic) bond motifs is 1. The lowest BCUT2D eigenvalue weighted by atomic mass is 10.0. The van der Waals surface area contributed by atoms with Crippen LogP contribution in [0.15, 0.2) is 36.9 Å². The number of ether oxygens (including phenoxy) is 1. The normalized spacial score (nSPS) is 28.2. The van der Waals surface area contributed by atoms with Crippen LogP contribution in [0.1, 0.15) is 18.4 Å². The first-order valence-corrected chi connectivity index (χ1v) is 6.73. The topological polar surface area (TPSA) is 29.5 Å². The molecule has 100 valence electrons. The predicted octanol–water partition coefficient (Wildman–Crippen LogP) is 2.62. The number of methoxy groups -OCH3 is 1. The maximum absolute atomic E-state index is 12.4. The van der Waals surface area contributed by atoms with E-state index in [4.69, 9.17) is 4.74 Å². The Morgan fingerprint density at radius 2 is 2.21 bits per heavy atom. The zero-order valence-corrected chi connectivity index (χ0v) is 11.3. The number of allylic oxidation sites excluding steroid dienone is 1. The Hall–Kier alpha value is -1.77. The van der Waals surface area contributed by atoms with Gasteiger partial charge in [0.1, 0.15) is 5.75 Å². The number of amides is 1. The molecule has 0 radical (unpaired) electrons. The highest BCUT2D eigenvalue weighted by Gasteiger charge is 2.65. The van der Waals surface area contributed by atoms with E-state index < -0.39 is 0 Å². The Morgan fingerprint density at radius 1 is 1.47 bits per heavy atom. The van der Waals surface area contributed by atoms with Gasteiger partial charge < -0.3 is 9.64 Å². The molecule has 1 aliphatic heterocycles. The SMILES string of the molecule is C=CCC12CC1CN(Cc1ccc(OC)cc1)C2=O. The highest BCUT2D eigenvalue weighted by molar-refractivity contribution is 5.89. The molecule has 0 bridgehead atoms. The minimum Gasteiger partial charge on any atom is -0.497 e. The number of hydrogen-bond donors (Lipinski definition) is 0. The standard InChI is InChI=1S/C16H19NO2/c1-3-8-16-9-13(16)11-17(15(16)18)10-12-4-6-14(19-2)7-5-12/h3-7,13H,1,8-11H2,2H3. The highest BCUT2D eigenvalue weighted by Crippen LogP contribution is 2.61. The fourth-order valence-corrected chi connectivity index (χ4v) is 3.23. The summed E-state index contributed by atoms with van der Waals surface area (Å²) < 4.78 is 5.14. The van der Waals surface area contributed by atoms with E-state index in [0.717, 1.165) is 30.7 Å². The van der Waals surface area contributed by atoms with Gasteiger partial charge in [0.15, 0.2) is 0 Å². The van der Waals surface area contributed by atoms with E-state index in [0.29, 0.717) is 18.4 Å². The van der Waals surface area contributed by atoms with Crippen LogP contribution in [0.25, 0.3) is 0 Å². The van der Waals surface area contributed by atoms with Crippen LogP contribution < -0.4 is 4.74 Å². The van der Waals surface area contributed by atoms with Gasteiger partial charge in [-0.3, -0.25) is 4.79 Å². The molecule has 3 heteroatoms. The smallest absolute Gasteiger partial charge is 0.229 e. The van der Waals surface area contributed by atoms with Gasteiger partial charge in [-0.05, 0) is 36.5 Å². The van der Waals surface area contributed by atoms with Gasteiger partial charge in [-0.2, -0.15) is 0 Å². The van der Waals surface area contributed by atoms with Crippen molar-refractivity contribution in [1.82, 2.24) is 4.90 Å². The van der Waals surface area contributed by atoms with Gasteiger partial charge in [-0.15, -0.1) is 6.58 Å². The summed E-state index contributed by atoms with van der Waals surface area (Å²) in [4.78, 5) is 14.4. The molecule has 3 rings (SSSR count). The van der Waals surface area contributed by atoms with Crippen molar-refractivity contribution in [3.63, 3.8) is 0 Å². The van der Waals surface area contributed by atoms with Gasteiger partial charge >= 0.3 is 0 Å². The van der Waals surface area contributed by atoms with Gasteiger partial charge in [0, 0.05) is 13.1 Å². The number of nitrogens with zero attached hydrogens (tertiary/aromatic N) is 1. The van der Waals surface area contributed by atoms with Gasteiger partial charge in [-0.1, -0.05) is 18.2 Å². The molecule has 0 aromatic heterocycles. The lowest BCUT2D eigenvalue weighted by Crippen LogP contribution is -2.31. The van der Waals surface area contributed by atoms with Crippen molar-refractivity contribution < 1.29 is 9.53 Å². The quantitative estimate of drug-likeness (QED) is 0.759. The summed E-state index contributed by atoms with van der Waals surface area (Å²) in [6.45, 7) is 5.38. The minimum atomic E-state index is -0.0891. The predicted molar refractivity (Wildman–Crippen MR) is 73.8 cm³/mol. The van der Waals surface area contributed by atoms with Crippen molar-refractivity contribution >= 4 is 5.91 Å². The molecule has 2 unspecified atom stereocenters. The van der Waals surface area contributed by atoms with E-state index in [-0.39, 0.29) is 5.41 Å². The van der Waals surface area contributed by atoms with Crippen LogP contribution in [0, 0.1) is 11.3 Å². The molecule has 3 nitrogen and oxygen atoms in total. The summed E-state index contributed by atoms with van der Waals surface area (Å²) in [6.07, 6.45) is 3.77. The third-order valence-corrected chi connectivity index (χ3v) is 4.43. The molecule has 1 aromatic carbocycles. The molecule has 1 saturated heterocycles. The molecule has 1 saturated carbocycles. The van der Waals surface area contributed by atoms with Crippen LogP contribution in [0.2, 0.25) is 0 Å². The second kappa shape index (κ2) is 4.41. The van der Waals surface area contributed by atoms with E-state index in [1.54, 1.807) is 7.11 Å². The molecule has 2 fully saturated rings. The van der Waals surface area contributed by atoms with E-state index >= 15 is 0 Å². The highest BCUT2D eigenvalue weighted by atomic mass is 16.5. The number of hydrogen-bond acceptors (Lipinski definition) is 2. The van der Waals surface area contributed by atoms with Crippen molar-refractivity contribution in [2.24, 2.45) is 11.3 Å². The van der Waals surface area contributed by atoms with E-state index in [1.165, 1.54) is 0 Å². The molecule has 1 aliphatic carbocycles. The zero-order chi connectivity index (χ0) is 13.5. The summed E-state index contributed by atoms with van der Waals surface area (Å²) in [5, 5.41) is 0. The van der Waals surface area contributed by atoms with E-state index in [9.17, 15) is 4.79 Å². The van der Waals surface area contributed by atoms with Gasteiger partial charge in [0.2, 0.25) is 5.91 Å². The molecule has 1 heterocycles. The Balaban J connectivity index is 1.68. The number of carbonyl (C=O) groups is 1. The van der Waals surface area contributed by atoms with Crippen molar-refractivity contribution in [3.8, 4) is 5.75 Å². The summed E-state index contributed by atoms with van der Waals surface area (Å²) in [5.41, 5.74) is 1.07. The first kappa shape index (κ1) is 12.3. The molecule has 2 atom stereocenters. The maximum atomic E-state index is 12.4. The maximum Gasteiger partial charge on any atom is 0.229 e. The largest absolute Gasteiger partial charge is 0.497 e. The second-order valence-corrected chi connectivity index (χ2v) is 5.58. The van der Waals surface area contributed by atoms with Crippen LogP contribution >= 0.6 is 0 Å². The monoisotopic (exact) mass is 257 g/mol. The molecule has 1 aromatic rings. The average Bonchev–Trinajstić information content (AvgIpc) is 3.06. The van der Waals surface area contributed by atoms with Crippen LogP contribution in [0.3, 0.4) is 0 Å². The number of piperidine rings is 1. The van der Waals surface area contributed by atoms with Gasteiger partial charge in [-0.25, -0.2) is 0 Å². The fourth-order valence-electron chi connectivity index (χ4n) is 3.23. The van der Waals surface area contributed by atoms with Crippen molar-refractivity contribution in [1.29, 1.82) is 0 Å². The number of rotatable bonds is 5. The van der Waals surface area contributed by atoms with Gasteiger partial charge in [0.05, 0.1) is 12.5 Å². The lowest BCUT2D eigenvalue weighted by molar-refractivity contribution is -0.134. The first-order valence-electron chi connectivity index (χ1n) is 6.73. The number of likely N-dealkylation sites (tertiary alicyclic amines) is 1. The Labute approximate surface area is 113 Å². The molecular weight excluding hydrogens is 238 g/mol. The average molecular weight is 257 g/mol. The Morgan fingerprint density at radius 3 is 2.84 bits per heavy atom. The van der Waals surface area contributed by atoms with Crippen LogP contribution in [0.5, 0.6) is 5.75 Å². The van der Waals surface area contributed by atoms with Crippen molar-refractivity contribution in [2.45, 2.75) is 19.4 Å². The summed E-state index contributed by atoms with van der Waals surface area (Å²) in [6, 6.07) is 7.93. The lowest BCUT2D eigenvalue weighted by Gasteiger charge is -2.20. The second-order valence-electron chi connectivity index (χ2n) is 5.58. The van der Waals surface area contributed by atoms with Crippen LogP contribution in [-0.2, 0) is 11.3 Å². The van der Waals surface area contributed by atoms with E-state index in [1.807, 2.05) is 35.2 Å². The summed E-state index contributed by atoms with van der Waals surface area (Å²) in [5.74, 6) is 1.71. The summed E-state index contributed by atoms with van der Waals surface area (Å²) in [7, 11) is 1.66. The zero-order valence-electron chi connectivity index (χ0n) is 11.3. The summed E-state index contributed by atoms with van der Waals surface area (Å²) >= 11 is 0. The minimum absolute atomic E-state index is 0.0891. The van der Waals surface area contributed by atoms with Crippen molar-refractivity contribution in [3.05, 3.63) is 42.5 Å². The molecule has 0 spiro atoms. The van der Waals surface area contributed by atoms with Crippen molar-refractivity contribution in [2.75, 3.05) is 13.7 Å². The number of benzene rings is 1. The number of carbonyl (C=O) groups excluding carboxylic acids is 1. The van der Waals surface area contributed by atoms with Gasteiger partial charge in [0.25, 0.3) is 0 Å². The Bertz CT molecular complexity index is 508. The molecular formula is C16H19NO2. The molecule has 0 N–H and O–H groups in total. The fraction of sp³-hybridized carbons (Fsp3) is 0.438. The van der Waals surface area contributed by atoms with Crippen LogP contribution in [0.4, 0.5) is 0 Å².